The van der Waals surface area contributed by atoms with Gasteiger partial charge >= 0.3 is 0 Å². The highest BCUT2D eigenvalue weighted by molar-refractivity contribution is 5.53. The molecule has 0 atom stereocenters. The van der Waals surface area contributed by atoms with Gasteiger partial charge in [-0.2, -0.15) is 0 Å². The summed E-state index contributed by atoms with van der Waals surface area (Å²) in [4.78, 5) is 0. The maximum Gasteiger partial charge on any atom is 0.203 e. The lowest BCUT2D eigenvalue weighted by Gasteiger charge is -2.15. The van der Waals surface area contributed by atoms with Crippen molar-refractivity contribution >= 4 is 0 Å². The van der Waals surface area contributed by atoms with Crippen molar-refractivity contribution in [2.24, 2.45) is 0 Å². The summed E-state index contributed by atoms with van der Waals surface area (Å²) in [5.41, 5.74) is 0.967. The van der Waals surface area contributed by atoms with E-state index in [9.17, 15) is 0 Å². The van der Waals surface area contributed by atoms with Crippen LogP contribution in [-0.2, 0) is 6.42 Å². The molecule has 4 heteroatoms. The van der Waals surface area contributed by atoms with E-state index in [1.54, 1.807) is 14.2 Å². The van der Waals surface area contributed by atoms with Crippen molar-refractivity contribution in [2.75, 3.05) is 27.4 Å². The summed E-state index contributed by atoms with van der Waals surface area (Å²) < 4.78 is 16.3. The van der Waals surface area contributed by atoms with E-state index in [0.717, 1.165) is 18.4 Å². The maximum atomic E-state index is 8.98. The van der Waals surface area contributed by atoms with Crippen LogP contribution in [0.1, 0.15) is 25.3 Å². The number of benzene rings is 1. The first-order chi connectivity index (χ1) is 8.76. The quantitative estimate of drug-likeness (QED) is 0.724. The second kappa shape index (κ2) is 7.82. The molecule has 1 rings (SSSR count). The number of methoxy groups -OCH3 is 2. The van der Waals surface area contributed by atoms with Crippen LogP contribution < -0.4 is 14.2 Å². The number of ether oxygens (including phenoxy) is 3. The van der Waals surface area contributed by atoms with Crippen LogP contribution in [0.15, 0.2) is 12.1 Å². The molecule has 0 spiro atoms. The molecule has 18 heavy (non-hydrogen) atoms. The first-order valence-electron chi connectivity index (χ1n) is 6.25. The number of hydrogen-bond acceptors (Lipinski definition) is 4. The molecule has 0 amide bonds. The monoisotopic (exact) mass is 254 g/mol. The molecule has 0 heterocycles. The minimum absolute atomic E-state index is 0.0996. The molecule has 1 aromatic rings. The van der Waals surface area contributed by atoms with Gasteiger partial charge in [0.15, 0.2) is 11.5 Å². The first-order valence-corrected chi connectivity index (χ1v) is 6.25. The van der Waals surface area contributed by atoms with Gasteiger partial charge in [-0.3, -0.25) is 0 Å². The normalized spacial score (nSPS) is 10.2. The van der Waals surface area contributed by atoms with E-state index in [2.05, 4.69) is 6.92 Å². The van der Waals surface area contributed by atoms with Crippen LogP contribution in [0.25, 0.3) is 0 Å². The number of hydrogen-bond donors (Lipinski definition) is 1. The number of unbranched alkanes of at least 4 members (excludes halogenated alkanes) is 1. The zero-order valence-electron chi connectivity index (χ0n) is 11.4. The summed E-state index contributed by atoms with van der Waals surface area (Å²) in [5, 5.41) is 8.98. The molecule has 1 aromatic carbocycles. The minimum Gasteiger partial charge on any atom is -0.493 e. The fourth-order valence-electron chi connectivity index (χ4n) is 1.67. The Bertz CT molecular complexity index is 338. The Kier molecular flexibility index (Phi) is 6.36. The van der Waals surface area contributed by atoms with Crippen LogP contribution in [0.4, 0.5) is 0 Å². The Morgan fingerprint density at radius 2 is 1.72 bits per heavy atom. The Morgan fingerprint density at radius 3 is 2.17 bits per heavy atom. The zero-order valence-corrected chi connectivity index (χ0v) is 11.4. The van der Waals surface area contributed by atoms with Gasteiger partial charge in [0.25, 0.3) is 0 Å². The Labute approximate surface area is 108 Å². The van der Waals surface area contributed by atoms with Crippen LogP contribution in [0.2, 0.25) is 0 Å². The molecule has 102 valence electrons. The van der Waals surface area contributed by atoms with Gasteiger partial charge in [0, 0.05) is 6.61 Å². The third-order valence-corrected chi connectivity index (χ3v) is 2.67. The molecule has 0 aromatic heterocycles. The summed E-state index contributed by atoms with van der Waals surface area (Å²) in [7, 11) is 3.20. The topological polar surface area (TPSA) is 47.9 Å². The molecule has 0 radical (unpaired) electrons. The maximum absolute atomic E-state index is 8.98. The second-order valence-corrected chi connectivity index (χ2v) is 4.01. The molecule has 1 N–H and O–H groups in total. The minimum atomic E-state index is 0.0996. The number of rotatable bonds is 8. The molecule has 0 bridgehead atoms. The standard InChI is InChI=1S/C14H22O4/c1-4-5-8-18-14-12(16-2)9-11(6-7-15)10-13(14)17-3/h9-10,15H,4-8H2,1-3H3. The van der Waals surface area contributed by atoms with Crippen molar-refractivity contribution in [1.82, 2.24) is 0 Å². The van der Waals surface area contributed by atoms with Crippen molar-refractivity contribution in [3.63, 3.8) is 0 Å². The molecular weight excluding hydrogens is 232 g/mol. The third-order valence-electron chi connectivity index (χ3n) is 2.67. The zero-order chi connectivity index (χ0) is 13.4. The van der Waals surface area contributed by atoms with Crippen molar-refractivity contribution in [3.8, 4) is 17.2 Å². The van der Waals surface area contributed by atoms with Gasteiger partial charge in [0.05, 0.1) is 20.8 Å². The third kappa shape index (κ3) is 3.81. The summed E-state index contributed by atoms with van der Waals surface area (Å²) in [5.74, 6) is 1.93. The smallest absolute Gasteiger partial charge is 0.203 e. The first kappa shape index (κ1) is 14.6. The Balaban J connectivity index is 2.97. The Hall–Kier alpha value is -1.42. The SMILES string of the molecule is CCCCOc1c(OC)cc(CCO)cc1OC. The fraction of sp³-hybridized carbons (Fsp3) is 0.571. The Morgan fingerprint density at radius 1 is 1.11 bits per heavy atom. The van der Waals surface area contributed by atoms with E-state index >= 15 is 0 Å². The predicted octanol–water partition coefficient (Wildman–Crippen LogP) is 2.42. The predicted molar refractivity (Wildman–Crippen MR) is 70.7 cm³/mol. The summed E-state index contributed by atoms with van der Waals surface area (Å²) >= 11 is 0. The lowest BCUT2D eigenvalue weighted by atomic mass is 10.1. The molecule has 0 aliphatic carbocycles. The highest BCUT2D eigenvalue weighted by atomic mass is 16.5. The lowest BCUT2D eigenvalue weighted by Crippen LogP contribution is -2.02. The molecular formula is C14H22O4. The van der Waals surface area contributed by atoms with E-state index in [1.165, 1.54) is 0 Å². The molecule has 4 nitrogen and oxygen atoms in total. The molecule has 0 aliphatic rings. The largest absolute Gasteiger partial charge is 0.493 e. The fourth-order valence-corrected chi connectivity index (χ4v) is 1.67. The average Bonchev–Trinajstić information content (AvgIpc) is 2.40. The van der Waals surface area contributed by atoms with Crippen LogP contribution >= 0.6 is 0 Å². The average molecular weight is 254 g/mol. The molecule has 0 saturated heterocycles. The molecule has 0 aliphatic heterocycles. The highest BCUT2D eigenvalue weighted by Crippen LogP contribution is 2.38. The van der Waals surface area contributed by atoms with E-state index in [1.807, 2.05) is 12.1 Å². The molecule has 0 fully saturated rings. The van der Waals surface area contributed by atoms with Gasteiger partial charge in [-0.25, -0.2) is 0 Å². The van der Waals surface area contributed by atoms with Gasteiger partial charge in [-0.05, 0) is 30.5 Å². The summed E-state index contributed by atoms with van der Waals surface area (Å²) in [6, 6.07) is 3.75. The lowest BCUT2D eigenvalue weighted by molar-refractivity contribution is 0.268. The van der Waals surface area contributed by atoms with Crippen LogP contribution in [0.5, 0.6) is 17.2 Å². The van der Waals surface area contributed by atoms with E-state index < -0.39 is 0 Å². The van der Waals surface area contributed by atoms with Crippen molar-refractivity contribution < 1.29 is 19.3 Å². The molecule has 0 saturated carbocycles. The van der Waals surface area contributed by atoms with Crippen LogP contribution in [0, 0.1) is 0 Å². The van der Waals surface area contributed by atoms with Gasteiger partial charge in [-0.15, -0.1) is 0 Å². The number of aliphatic hydroxyl groups is 1. The summed E-state index contributed by atoms with van der Waals surface area (Å²) in [6.45, 7) is 2.85. The van der Waals surface area contributed by atoms with Gasteiger partial charge in [-0.1, -0.05) is 13.3 Å². The highest BCUT2D eigenvalue weighted by Gasteiger charge is 2.13. The van der Waals surface area contributed by atoms with E-state index in [4.69, 9.17) is 19.3 Å². The van der Waals surface area contributed by atoms with Crippen molar-refractivity contribution in [2.45, 2.75) is 26.2 Å². The second-order valence-electron chi connectivity index (χ2n) is 4.01. The van der Waals surface area contributed by atoms with Crippen LogP contribution in [0.3, 0.4) is 0 Å². The van der Waals surface area contributed by atoms with E-state index in [-0.39, 0.29) is 6.61 Å². The number of aliphatic hydroxyl groups excluding tert-OH is 1. The van der Waals surface area contributed by atoms with Crippen molar-refractivity contribution in [1.29, 1.82) is 0 Å². The van der Waals surface area contributed by atoms with Gasteiger partial charge in [0.2, 0.25) is 5.75 Å². The van der Waals surface area contributed by atoms with Crippen molar-refractivity contribution in [3.05, 3.63) is 17.7 Å². The summed E-state index contributed by atoms with van der Waals surface area (Å²) in [6.07, 6.45) is 2.64. The van der Waals surface area contributed by atoms with Crippen LogP contribution in [-0.4, -0.2) is 32.5 Å². The van der Waals surface area contributed by atoms with Gasteiger partial charge < -0.3 is 19.3 Å². The van der Waals surface area contributed by atoms with Gasteiger partial charge in [0.1, 0.15) is 0 Å². The molecule has 0 unspecified atom stereocenters. The van der Waals surface area contributed by atoms with E-state index in [0.29, 0.717) is 30.3 Å².